The minimum Gasteiger partial charge on any atom is -0.477 e. The number of aliphatic carboxylic acids is 1. The van der Waals surface area contributed by atoms with Gasteiger partial charge in [-0.1, -0.05) is 48.3 Å². The van der Waals surface area contributed by atoms with Crippen molar-refractivity contribution in [1.82, 2.24) is 0 Å². The van der Waals surface area contributed by atoms with Crippen LogP contribution in [-0.2, 0) is 11.3 Å². The van der Waals surface area contributed by atoms with Crippen LogP contribution < -0.4 is 4.57 Å². The van der Waals surface area contributed by atoms with Crippen LogP contribution in [0.3, 0.4) is 0 Å². The zero-order valence-corrected chi connectivity index (χ0v) is 15.5. The number of hydrogen-bond donors (Lipinski definition) is 1. The number of nitrogens with zero attached hydrogens (tertiary/aromatic N) is 1. The van der Waals surface area contributed by atoms with E-state index in [-0.39, 0.29) is 6.54 Å². The summed E-state index contributed by atoms with van der Waals surface area (Å²) in [7, 11) is 0. The van der Waals surface area contributed by atoms with Crippen LogP contribution >= 0.6 is 11.3 Å². The molecule has 0 spiro atoms. The molecule has 0 bridgehead atoms. The molecule has 0 saturated heterocycles. The Morgan fingerprint density at radius 2 is 2.08 bits per heavy atom. The zero-order valence-electron chi connectivity index (χ0n) is 14.6. The first kappa shape index (κ1) is 17.0. The third kappa shape index (κ3) is 3.29. The van der Waals surface area contributed by atoms with Crippen molar-refractivity contribution < 1.29 is 14.5 Å². The number of carbonyl (C=O) groups is 1. The normalized spacial score (nSPS) is 21.2. The molecule has 132 valence electrons. The summed E-state index contributed by atoms with van der Waals surface area (Å²) in [5.41, 5.74) is 4.98. The Labute approximate surface area is 157 Å². The summed E-state index contributed by atoms with van der Waals surface area (Å²) in [6.45, 7) is 3.89. The molecular weight excluding hydrogens is 342 g/mol. The molecule has 0 amide bonds. The third-order valence-electron chi connectivity index (χ3n) is 5.24. The van der Waals surface area contributed by atoms with Crippen molar-refractivity contribution in [2.45, 2.75) is 32.2 Å². The van der Waals surface area contributed by atoms with Gasteiger partial charge in [-0.05, 0) is 54.4 Å². The highest BCUT2D eigenvalue weighted by Crippen LogP contribution is 2.38. The van der Waals surface area contributed by atoms with Crippen molar-refractivity contribution >= 4 is 33.6 Å². The summed E-state index contributed by atoms with van der Waals surface area (Å²) in [4.78, 5) is 11.3. The van der Waals surface area contributed by atoms with E-state index in [1.54, 1.807) is 11.3 Å². The number of rotatable bonds is 4. The fourth-order valence-electron chi connectivity index (χ4n) is 3.90. The number of para-hydroxylation sites is 1. The molecule has 1 aromatic heterocycles. The maximum atomic E-state index is 11.3. The molecule has 26 heavy (non-hydrogen) atoms. The van der Waals surface area contributed by atoms with Crippen molar-refractivity contribution in [2.24, 2.45) is 5.92 Å². The number of benzene rings is 1. The number of allylic oxidation sites excluding steroid dienone is 6. The van der Waals surface area contributed by atoms with E-state index in [0.29, 0.717) is 5.92 Å². The Morgan fingerprint density at radius 3 is 2.88 bits per heavy atom. The lowest BCUT2D eigenvalue weighted by Gasteiger charge is -2.28. The topological polar surface area (TPSA) is 41.2 Å². The van der Waals surface area contributed by atoms with E-state index in [9.17, 15) is 9.90 Å². The van der Waals surface area contributed by atoms with Gasteiger partial charge in [-0.25, -0.2) is 4.79 Å². The number of carboxylic acids is 1. The molecule has 0 fully saturated rings. The third-order valence-corrected chi connectivity index (χ3v) is 6.35. The average Bonchev–Trinajstić information content (AvgIpc) is 2.98. The molecule has 1 unspecified atom stereocenters. The second-order valence-electron chi connectivity index (χ2n) is 6.95. The molecule has 0 saturated carbocycles. The van der Waals surface area contributed by atoms with E-state index in [0.717, 1.165) is 28.1 Å². The molecule has 1 aromatic carbocycles. The summed E-state index contributed by atoms with van der Waals surface area (Å²) in [6, 6.07) is 8.00. The van der Waals surface area contributed by atoms with Gasteiger partial charge in [-0.2, -0.15) is 4.57 Å². The number of thiazole rings is 1. The van der Waals surface area contributed by atoms with Gasteiger partial charge in [0, 0.05) is 12.1 Å². The second kappa shape index (κ2) is 7.04. The Kier molecular flexibility index (Phi) is 4.60. The molecule has 2 aromatic rings. The van der Waals surface area contributed by atoms with Crippen LogP contribution in [-0.4, -0.2) is 11.1 Å². The lowest BCUT2D eigenvalue weighted by Crippen LogP contribution is -2.39. The first-order chi connectivity index (χ1) is 12.6. The molecule has 1 heterocycles. The van der Waals surface area contributed by atoms with Gasteiger partial charge >= 0.3 is 5.97 Å². The lowest BCUT2D eigenvalue weighted by atomic mass is 9.77. The highest BCUT2D eigenvalue weighted by Gasteiger charge is 2.25. The zero-order chi connectivity index (χ0) is 18.1. The standard InChI is InChI=1S/C22H21NO2S/c1-2-15-7-9-17-10-8-16(12-18(17)11-15)13-21-23(14-22(24)25)19-5-3-4-6-20(19)26-21/h2-6,11-13,17H,1,7-10,14H2/p+1. The average molecular weight is 364 g/mol. The number of fused-ring (bicyclic) bond motifs is 2. The SMILES string of the molecule is C=CC1=CC2=CC(=Cc3sc4ccccc4[n+]3CC(=O)O)CCC2CC1. The fraction of sp³-hybridized carbons (Fsp3) is 0.273. The molecule has 0 aliphatic heterocycles. The van der Waals surface area contributed by atoms with Crippen LogP contribution in [0.5, 0.6) is 0 Å². The van der Waals surface area contributed by atoms with Gasteiger partial charge in [-0.15, -0.1) is 0 Å². The first-order valence-corrected chi connectivity index (χ1v) is 9.84. The Morgan fingerprint density at radius 1 is 1.27 bits per heavy atom. The van der Waals surface area contributed by atoms with Crippen LogP contribution in [0.4, 0.5) is 0 Å². The number of hydrogen-bond acceptors (Lipinski definition) is 2. The molecule has 4 rings (SSSR count). The monoisotopic (exact) mass is 364 g/mol. The lowest BCUT2D eigenvalue weighted by molar-refractivity contribution is -0.657. The Hall–Kier alpha value is -2.46. The summed E-state index contributed by atoms with van der Waals surface area (Å²) in [6.07, 6.45) is 13.3. The predicted octanol–water partition coefficient (Wildman–Crippen LogP) is 4.90. The predicted molar refractivity (Wildman–Crippen MR) is 106 cm³/mol. The fourth-order valence-corrected chi connectivity index (χ4v) is 5.04. The van der Waals surface area contributed by atoms with Crippen molar-refractivity contribution in [3.8, 4) is 0 Å². The van der Waals surface area contributed by atoms with E-state index in [2.05, 4.69) is 30.9 Å². The van der Waals surface area contributed by atoms with Crippen LogP contribution in [0.1, 0.15) is 30.7 Å². The van der Waals surface area contributed by atoms with Gasteiger partial charge < -0.3 is 5.11 Å². The van der Waals surface area contributed by atoms with Gasteiger partial charge in [-0.3, -0.25) is 0 Å². The van der Waals surface area contributed by atoms with Gasteiger partial charge in [0.15, 0.2) is 0 Å². The summed E-state index contributed by atoms with van der Waals surface area (Å²) < 4.78 is 3.03. The highest BCUT2D eigenvalue weighted by atomic mass is 32.1. The number of carboxylic acid groups (broad SMARTS) is 1. The number of aromatic nitrogens is 1. The maximum Gasteiger partial charge on any atom is 0.370 e. The Bertz CT molecular complexity index is 977. The molecule has 1 atom stereocenters. The summed E-state index contributed by atoms with van der Waals surface area (Å²) >= 11 is 1.66. The van der Waals surface area contributed by atoms with E-state index in [1.807, 2.05) is 28.8 Å². The van der Waals surface area contributed by atoms with E-state index < -0.39 is 5.97 Å². The quantitative estimate of drug-likeness (QED) is 0.784. The van der Waals surface area contributed by atoms with Crippen molar-refractivity contribution in [1.29, 1.82) is 0 Å². The largest absolute Gasteiger partial charge is 0.477 e. The van der Waals surface area contributed by atoms with Crippen LogP contribution in [0.2, 0.25) is 0 Å². The summed E-state index contributed by atoms with van der Waals surface area (Å²) in [5, 5.41) is 10.3. The van der Waals surface area contributed by atoms with Gasteiger partial charge in [0.05, 0.1) is 0 Å². The van der Waals surface area contributed by atoms with Gasteiger partial charge in [0.1, 0.15) is 4.70 Å². The summed E-state index contributed by atoms with van der Waals surface area (Å²) in [5.74, 6) is -0.157. The molecule has 2 aliphatic rings. The molecule has 1 N–H and O–H groups in total. The minimum absolute atomic E-state index is 0.0111. The molecule has 3 nitrogen and oxygen atoms in total. The van der Waals surface area contributed by atoms with Crippen LogP contribution in [0.25, 0.3) is 16.3 Å². The van der Waals surface area contributed by atoms with Crippen molar-refractivity contribution in [2.75, 3.05) is 0 Å². The first-order valence-electron chi connectivity index (χ1n) is 9.02. The highest BCUT2D eigenvalue weighted by molar-refractivity contribution is 7.18. The van der Waals surface area contributed by atoms with E-state index in [1.165, 1.54) is 29.6 Å². The van der Waals surface area contributed by atoms with Crippen LogP contribution in [0, 0.1) is 5.92 Å². The van der Waals surface area contributed by atoms with Gasteiger partial charge in [0.25, 0.3) is 5.01 Å². The maximum absolute atomic E-state index is 11.3. The second-order valence-corrected chi connectivity index (χ2v) is 8.01. The molecule has 2 aliphatic carbocycles. The Balaban J connectivity index is 1.76. The molecular formula is C22H22NO2S+. The van der Waals surface area contributed by atoms with E-state index >= 15 is 0 Å². The van der Waals surface area contributed by atoms with Crippen molar-refractivity contribution in [3.05, 3.63) is 70.8 Å². The molecule has 0 radical (unpaired) electrons. The minimum atomic E-state index is -0.814. The van der Waals surface area contributed by atoms with Crippen molar-refractivity contribution in [3.63, 3.8) is 0 Å². The smallest absolute Gasteiger partial charge is 0.370 e. The molecule has 4 heteroatoms. The van der Waals surface area contributed by atoms with Gasteiger partial charge in [0.2, 0.25) is 12.1 Å². The van der Waals surface area contributed by atoms with E-state index in [4.69, 9.17) is 0 Å². The van der Waals surface area contributed by atoms with Crippen LogP contribution in [0.15, 0.2) is 65.8 Å².